The standard InChI is InChI=1S/C15H19BrIN3O/c1-9(2)20-15(13(21-4)8-19-20)14(18-3)11-7-10(17)5-6-12(11)16/h5-9,14,18H,1-4H3. The van der Waals surface area contributed by atoms with Gasteiger partial charge in [-0.3, -0.25) is 4.68 Å². The topological polar surface area (TPSA) is 39.1 Å². The molecule has 2 aromatic rings. The molecule has 0 aliphatic heterocycles. The van der Waals surface area contributed by atoms with Crippen LogP contribution in [0.4, 0.5) is 0 Å². The number of rotatable bonds is 5. The highest BCUT2D eigenvalue weighted by Gasteiger charge is 2.25. The molecular weight excluding hydrogens is 445 g/mol. The van der Waals surface area contributed by atoms with Gasteiger partial charge in [0.2, 0.25) is 0 Å². The Labute approximate surface area is 147 Å². The minimum absolute atomic E-state index is 0.00828. The van der Waals surface area contributed by atoms with Gasteiger partial charge in [-0.2, -0.15) is 5.10 Å². The Hall–Kier alpha value is -0.600. The second kappa shape index (κ2) is 7.11. The molecule has 1 aromatic heterocycles. The van der Waals surface area contributed by atoms with Gasteiger partial charge in [0.25, 0.3) is 0 Å². The molecule has 0 amide bonds. The van der Waals surface area contributed by atoms with E-state index in [1.54, 1.807) is 13.3 Å². The van der Waals surface area contributed by atoms with E-state index in [-0.39, 0.29) is 12.1 Å². The van der Waals surface area contributed by atoms with Crippen molar-refractivity contribution in [2.24, 2.45) is 0 Å². The van der Waals surface area contributed by atoms with Gasteiger partial charge in [-0.15, -0.1) is 0 Å². The molecule has 0 bridgehead atoms. The summed E-state index contributed by atoms with van der Waals surface area (Å²) < 4.78 is 9.78. The zero-order valence-corrected chi connectivity index (χ0v) is 16.3. The molecule has 21 heavy (non-hydrogen) atoms. The van der Waals surface area contributed by atoms with Gasteiger partial charge in [0.1, 0.15) is 5.69 Å². The van der Waals surface area contributed by atoms with Crippen molar-refractivity contribution >= 4 is 38.5 Å². The number of methoxy groups -OCH3 is 1. The summed E-state index contributed by atoms with van der Waals surface area (Å²) in [6.07, 6.45) is 1.78. The fourth-order valence-electron chi connectivity index (χ4n) is 2.37. The number of nitrogens with zero attached hydrogens (tertiary/aromatic N) is 2. The number of aromatic nitrogens is 2. The second-order valence-corrected chi connectivity index (χ2v) is 7.12. The molecule has 1 unspecified atom stereocenters. The van der Waals surface area contributed by atoms with E-state index in [2.05, 4.69) is 81.0 Å². The molecular formula is C15H19BrIN3O. The van der Waals surface area contributed by atoms with Crippen LogP contribution in [0.2, 0.25) is 0 Å². The van der Waals surface area contributed by atoms with Crippen LogP contribution in [-0.2, 0) is 0 Å². The summed E-state index contributed by atoms with van der Waals surface area (Å²) in [6.45, 7) is 4.24. The Balaban J connectivity index is 2.61. The van der Waals surface area contributed by atoms with Crippen LogP contribution in [0.15, 0.2) is 28.9 Å². The average Bonchev–Trinajstić information content (AvgIpc) is 2.87. The van der Waals surface area contributed by atoms with Gasteiger partial charge < -0.3 is 10.1 Å². The zero-order chi connectivity index (χ0) is 15.6. The monoisotopic (exact) mass is 463 g/mol. The van der Waals surface area contributed by atoms with Crippen LogP contribution in [0.1, 0.15) is 37.2 Å². The fourth-order valence-corrected chi connectivity index (χ4v) is 3.37. The molecule has 0 fully saturated rings. The fraction of sp³-hybridized carbons (Fsp3) is 0.400. The van der Waals surface area contributed by atoms with E-state index in [0.717, 1.165) is 15.9 Å². The van der Waals surface area contributed by atoms with Gasteiger partial charge >= 0.3 is 0 Å². The van der Waals surface area contributed by atoms with Gasteiger partial charge in [-0.25, -0.2) is 0 Å². The first-order chi connectivity index (χ1) is 9.99. The molecule has 0 aliphatic carbocycles. The molecule has 2 rings (SSSR count). The number of hydrogen-bond donors (Lipinski definition) is 1. The highest BCUT2D eigenvalue weighted by Crippen LogP contribution is 2.35. The smallest absolute Gasteiger partial charge is 0.161 e. The third-order valence-electron chi connectivity index (χ3n) is 3.34. The first-order valence-corrected chi connectivity index (χ1v) is 8.60. The summed E-state index contributed by atoms with van der Waals surface area (Å²) >= 11 is 5.98. The van der Waals surface area contributed by atoms with Crippen molar-refractivity contribution in [2.75, 3.05) is 14.2 Å². The number of nitrogens with one attached hydrogen (secondary N) is 1. The van der Waals surface area contributed by atoms with Crippen LogP contribution in [0, 0.1) is 3.57 Å². The van der Waals surface area contributed by atoms with E-state index in [9.17, 15) is 0 Å². The van der Waals surface area contributed by atoms with E-state index in [1.165, 1.54) is 9.13 Å². The van der Waals surface area contributed by atoms with Crippen molar-refractivity contribution in [3.8, 4) is 5.75 Å². The van der Waals surface area contributed by atoms with Gasteiger partial charge in [-0.05, 0) is 67.2 Å². The van der Waals surface area contributed by atoms with Crippen molar-refractivity contribution < 1.29 is 4.74 Å². The lowest BCUT2D eigenvalue weighted by molar-refractivity contribution is 0.396. The summed E-state index contributed by atoms with van der Waals surface area (Å²) in [5.74, 6) is 0.800. The summed E-state index contributed by atoms with van der Waals surface area (Å²) in [5, 5.41) is 7.85. The SMILES string of the molecule is CNC(c1cc(I)ccc1Br)c1c(OC)cnn1C(C)C. The first kappa shape index (κ1) is 16.8. The molecule has 0 radical (unpaired) electrons. The number of ether oxygens (including phenoxy) is 1. The molecule has 0 aliphatic rings. The van der Waals surface area contributed by atoms with Crippen molar-refractivity contribution in [1.82, 2.24) is 15.1 Å². The van der Waals surface area contributed by atoms with Gasteiger partial charge in [-0.1, -0.05) is 15.9 Å². The highest BCUT2D eigenvalue weighted by atomic mass is 127. The molecule has 1 atom stereocenters. The first-order valence-electron chi connectivity index (χ1n) is 6.73. The van der Waals surface area contributed by atoms with Crippen LogP contribution in [0.5, 0.6) is 5.75 Å². The van der Waals surface area contributed by atoms with E-state index in [4.69, 9.17) is 4.74 Å². The molecule has 0 saturated carbocycles. The molecule has 0 spiro atoms. The molecule has 6 heteroatoms. The lowest BCUT2D eigenvalue weighted by Crippen LogP contribution is -2.23. The van der Waals surface area contributed by atoms with Crippen LogP contribution < -0.4 is 10.1 Å². The maximum absolute atomic E-state index is 5.51. The normalized spacial score (nSPS) is 12.7. The van der Waals surface area contributed by atoms with Crippen LogP contribution in [0.25, 0.3) is 0 Å². The number of hydrogen-bond acceptors (Lipinski definition) is 3. The Morgan fingerprint density at radius 2 is 2.10 bits per heavy atom. The maximum atomic E-state index is 5.51. The Kier molecular flexibility index (Phi) is 5.67. The summed E-state index contributed by atoms with van der Waals surface area (Å²) in [4.78, 5) is 0. The predicted molar refractivity (Wildman–Crippen MR) is 96.9 cm³/mol. The summed E-state index contributed by atoms with van der Waals surface area (Å²) in [7, 11) is 3.63. The highest BCUT2D eigenvalue weighted by molar-refractivity contribution is 14.1. The lowest BCUT2D eigenvalue weighted by atomic mass is 10.0. The third-order valence-corrected chi connectivity index (χ3v) is 4.73. The van der Waals surface area contributed by atoms with Crippen molar-refractivity contribution in [3.63, 3.8) is 0 Å². The van der Waals surface area contributed by atoms with Gasteiger partial charge in [0.15, 0.2) is 5.75 Å². The number of benzene rings is 1. The quantitative estimate of drug-likeness (QED) is 0.677. The Morgan fingerprint density at radius 1 is 1.38 bits per heavy atom. The Morgan fingerprint density at radius 3 is 2.67 bits per heavy atom. The van der Waals surface area contributed by atoms with E-state index >= 15 is 0 Å². The van der Waals surface area contributed by atoms with Crippen LogP contribution >= 0.6 is 38.5 Å². The van der Waals surface area contributed by atoms with E-state index in [1.807, 2.05) is 11.7 Å². The Bertz CT molecular complexity index is 627. The van der Waals surface area contributed by atoms with Crippen molar-refractivity contribution in [3.05, 3.63) is 43.7 Å². The summed E-state index contributed by atoms with van der Waals surface area (Å²) in [6, 6.07) is 6.60. The maximum Gasteiger partial charge on any atom is 0.161 e. The average molecular weight is 464 g/mol. The molecule has 1 heterocycles. The van der Waals surface area contributed by atoms with Crippen LogP contribution in [-0.4, -0.2) is 23.9 Å². The lowest BCUT2D eigenvalue weighted by Gasteiger charge is -2.22. The largest absolute Gasteiger partial charge is 0.493 e. The second-order valence-electron chi connectivity index (χ2n) is 5.02. The molecule has 4 nitrogen and oxygen atoms in total. The molecule has 1 N–H and O–H groups in total. The van der Waals surface area contributed by atoms with E-state index < -0.39 is 0 Å². The summed E-state index contributed by atoms with van der Waals surface area (Å²) in [5.41, 5.74) is 2.21. The van der Waals surface area contributed by atoms with Gasteiger partial charge in [0.05, 0.1) is 19.3 Å². The van der Waals surface area contributed by atoms with Crippen molar-refractivity contribution in [2.45, 2.75) is 25.9 Å². The predicted octanol–water partition coefficient (Wildman–Crippen LogP) is 4.15. The van der Waals surface area contributed by atoms with E-state index in [0.29, 0.717) is 0 Å². The molecule has 114 valence electrons. The minimum Gasteiger partial charge on any atom is -0.493 e. The van der Waals surface area contributed by atoms with Crippen molar-refractivity contribution in [1.29, 1.82) is 0 Å². The molecule has 0 saturated heterocycles. The molecule has 1 aromatic carbocycles. The minimum atomic E-state index is 0.00828. The third kappa shape index (κ3) is 3.43. The zero-order valence-electron chi connectivity index (χ0n) is 12.5. The number of halogens is 2. The van der Waals surface area contributed by atoms with Crippen LogP contribution in [0.3, 0.4) is 0 Å². The van der Waals surface area contributed by atoms with Gasteiger partial charge in [0, 0.05) is 14.1 Å².